The van der Waals surface area contributed by atoms with Gasteiger partial charge in [0.25, 0.3) is 0 Å². The molecule has 1 fully saturated rings. The molecule has 0 aromatic carbocycles. The van der Waals surface area contributed by atoms with E-state index in [2.05, 4.69) is 17.6 Å². The third-order valence-electron chi connectivity index (χ3n) is 3.40. The van der Waals surface area contributed by atoms with Crippen LogP contribution >= 0.6 is 0 Å². The number of carboxylic acid groups (broad SMARTS) is 1. The van der Waals surface area contributed by atoms with Crippen LogP contribution in [0.15, 0.2) is 0 Å². The Hall–Kier alpha value is -1.10. The van der Waals surface area contributed by atoms with Gasteiger partial charge in [-0.05, 0) is 25.7 Å². The summed E-state index contributed by atoms with van der Waals surface area (Å²) in [6.07, 6.45) is 4.58. The number of rotatable bonds is 5. The first-order valence-electron chi connectivity index (χ1n) is 6.26. The van der Waals surface area contributed by atoms with Crippen molar-refractivity contribution in [2.24, 2.45) is 5.92 Å². The molecular weight excluding hydrogens is 220 g/mol. The maximum Gasteiger partial charge on any atom is 0.320 e. The van der Waals surface area contributed by atoms with Gasteiger partial charge in [0.2, 0.25) is 5.91 Å². The third-order valence-corrected chi connectivity index (χ3v) is 3.40. The minimum atomic E-state index is -0.941. The van der Waals surface area contributed by atoms with Crippen LogP contribution in [0.4, 0.5) is 0 Å². The lowest BCUT2D eigenvalue weighted by Gasteiger charge is -2.29. The summed E-state index contributed by atoms with van der Waals surface area (Å²) in [5, 5.41) is 14.3. The van der Waals surface area contributed by atoms with Crippen LogP contribution in [0.25, 0.3) is 0 Å². The fraction of sp³-hybridized carbons (Fsp3) is 0.833. The van der Waals surface area contributed by atoms with Gasteiger partial charge >= 0.3 is 5.97 Å². The van der Waals surface area contributed by atoms with Crippen molar-refractivity contribution in [1.29, 1.82) is 0 Å². The van der Waals surface area contributed by atoms with Crippen LogP contribution in [0.5, 0.6) is 0 Å². The second kappa shape index (κ2) is 6.59. The van der Waals surface area contributed by atoms with Gasteiger partial charge in [-0.15, -0.1) is 0 Å². The lowest BCUT2D eigenvalue weighted by atomic mass is 9.86. The van der Waals surface area contributed by atoms with E-state index in [4.69, 9.17) is 5.11 Å². The quantitative estimate of drug-likeness (QED) is 0.664. The van der Waals surface area contributed by atoms with Crippen molar-refractivity contribution >= 4 is 11.9 Å². The Kier molecular flexibility index (Phi) is 5.41. The maximum atomic E-state index is 11.6. The molecule has 0 aromatic heterocycles. The largest absolute Gasteiger partial charge is 0.480 e. The Morgan fingerprint density at radius 2 is 2.00 bits per heavy atom. The van der Waals surface area contributed by atoms with Gasteiger partial charge in [-0.3, -0.25) is 14.9 Å². The molecule has 2 unspecified atom stereocenters. The molecule has 17 heavy (non-hydrogen) atoms. The Morgan fingerprint density at radius 3 is 2.59 bits per heavy atom. The average molecular weight is 242 g/mol. The van der Waals surface area contributed by atoms with E-state index in [1.165, 1.54) is 13.3 Å². The van der Waals surface area contributed by atoms with E-state index in [-0.39, 0.29) is 18.5 Å². The van der Waals surface area contributed by atoms with E-state index in [9.17, 15) is 9.59 Å². The lowest BCUT2D eigenvalue weighted by Crippen LogP contribution is -2.47. The Bertz CT molecular complexity index is 281. The highest BCUT2D eigenvalue weighted by Crippen LogP contribution is 2.23. The third kappa shape index (κ3) is 4.73. The molecule has 0 radical (unpaired) electrons. The summed E-state index contributed by atoms with van der Waals surface area (Å²) in [4.78, 5) is 22.2. The van der Waals surface area contributed by atoms with Crippen molar-refractivity contribution < 1.29 is 14.7 Å². The molecule has 0 heterocycles. The van der Waals surface area contributed by atoms with Gasteiger partial charge in [-0.2, -0.15) is 0 Å². The molecule has 1 aliphatic rings. The van der Waals surface area contributed by atoms with Gasteiger partial charge in [-0.25, -0.2) is 0 Å². The van der Waals surface area contributed by atoms with E-state index in [1.807, 2.05) is 0 Å². The standard InChI is InChI=1S/C12H22N2O3/c1-8-5-3-4-6-10(8)14-11(15)7-13-9(2)12(16)17/h8-10,13H,3-7H2,1-2H3,(H,14,15)(H,16,17)/t8?,9-,10?/m0/s1. The zero-order valence-corrected chi connectivity index (χ0v) is 10.5. The highest BCUT2D eigenvalue weighted by atomic mass is 16.4. The van der Waals surface area contributed by atoms with E-state index in [0.29, 0.717) is 5.92 Å². The van der Waals surface area contributed by atoms with Gasteiger partial charge in [0.05, 0.1) is 6.54 Å². The normalized spacial score (nSPS) is 26.2. The highest BCUT2D eigenvalue weighted by Gasteiger charge is 2.22. The zero-order valence-electron chi connectivity index (χ0n) is 10.5. The molecule has 3 atom stereocenters. The van der Waals surface area contributed by atoms with Crippen LogP contribution < -0.4 is 10.6 Å². The number of carbonyl (C=O) groups is 2. The summed E-state index contributed by atoms with van der Waals surface area (Å²) in [6.45, 7) is 3.74. The monoisotopic (exact) mass is 242 g/mol. The van der Waals surface area contributed by atoms with Crippen LogP contribution in [0, 0.1) is 5.92 Å². The van der Waals surface area contributed by atoms with E-state index < -0.39 is 12.0 Å². The number of hydrogen-bond donors (Lipinski definition) is 3. The SMILES string of the molecule is CC1CCCCC1NC(=O)CN[C@@H](C)C(=O)O. The summed E-state index contributed by atoms with van der Waals surface area (Å²) in [6, 6.07) is -0.442. The molecule has 0 spiro atoms. The van der Waals surface area contributed by atoms with Crippen molar-refractivity contribution in [3.05, 3.63) is 0 Å². The van der Waals surface area contributed by atoms with Crippen LogP contribution in [0.1, 0.15) is 39.5 Å². The van der Waals surface area contributed by atoms with Crippen LogP contribution in [-0.4, -0.2) is 35.6 Å². The Morgan fingerprint density at radius 1 is 1.35 bits per heavy atom. The topological polar surface area (TPSA) is 78.4 Å². The highest BCUT2D eigenvalue weighted by molar-refractivity contribution is 5.80. The molecule has 1 amide bonds. The number of amides is 1. The maximum absolute atomic E-state index is 11.6. The minimum Gasteiger partial charge on any atom is -0.480 e. The summed E-state index contributed by atoms with van der Waals surface area (Å²) < 4.78 is 0. The van der Waals surface area contributed by atoms with Crippen molar-refractivity contribution in [1.82, 2.24) is 10.6 Å². The summed E-state index contributed by atoms with van der Waals surface area (Å²) in [7, 11) is 0. The number of aliphatic carboxylic acids is 1. The lowest BCUT2D eigenvalue weighted by molar-refractivity contribution is -0.139. The molecule has 5 heteroatoms. The molecule has 98 valence electrons. The van der Waals surface area contributed by atoms with Gasteiger partial charge in [0.1, 0.15) is 6.04 Å². The fourth-order valence-electron chi connectivity index (χ4n) is 2.12. The van der Waals surface area contributed by atoms with Crippen molar-refractivity contribution in [2.75, 3.05) is 6.54 Å². The van der Waals surface area contributed by atoms with Gasteiger partial charge in [0.15, 0.2) is 0 Å². The Labute approximate surface area is 102 Å². The Balaban J connectivity index is 2.26. The predicted octanol–water partition coefficient (Wildman–Crippen LogP) is 0.744. The smallest absolute Gasteiger partial charge is 0.320 e. The molecular formula is C12H22N2O3. The number of carboxylic acids is 1. The predicted molar refractivity (Wildman–Crippen MR) is 64.7 cm³/mol. The molecule has 5 nitrogen and oxygen atoms in total. The second-order valence-electron chi connectivity index (χ2n) is 4.88. The van der Waals surface area contributed by atoms with E-state index in [0.717, 1.165) is 19.3 Å². The molecule has 1 rings (SSSR count). The number of carbonyl (C=O) groups excluding carboxylic acids is 1. The summed E-state index contributed by atoms with van der Waals surface area (Å²) >= 11 is 0. The average Bonchev–Trinajstić information content (AvgIpc) is 2.29. The number of nitrogens with one attached hydrogen (secondary N) is 2. The minimum absolute atomic E-state index is 0.0662. The van der Waals surface area contributed by atoms with E-state index in [1.54, 1.807) is 0 Å². The molecule has 0 saturated heterocycles. The van der Waals surface area contributed by atoms with Crippen LogP contribution in [-0.2, 0) is 9.59 Å². The summed E-state index contributed by atoms with van der Waals surface area (Å²) in [5.74, 6) is -0.537. The van der Waals surface area contributed by atoms with Gasteiger partial charge < -0.3 is 10.4 Å². The van der Waals surface area contributed by atoms with E-state index >= 15 is 0 Å². The zero-order chi connectivity index (χ0) is 12.8. The van der Waals surface area contributed by atoms with Crippen molar-refractivity contribution in [3.63, 3.8) is 0 Å². The van der Waals surface area contributed by atoms with Gasteiger partial charge in [0, 0.05) is 6.04 Å². The summed E-state index contributed by atoms with van der Waals surface area (Å²) in [5.41, 5.74) is 0. The molecule has 1 saturated carbocycles. The number of hydrogen-bond acceptors (Lipinski definition) is 3. The second-order valence-corrected chi connectivity index (χ2v) is 4.88. The van der Waals surface area contributed by atoms with Crippen molar-refractivity contribution in [2.45, 2.75) is 51.6 Å². The molecule has 0 aliphatic heterocycles. The van der Waals surface area contributed by atoms with Crippen LogP contribution in [0.3, 0.4) is 0 Å². The molecule has 0 bridgehead atoms. The first-order chi connectivity index (χ1) is 8.00. The van der Waals surface area contributed by atoms with Crippen LogP contribution in [0.2, 0.25) is 0 Å². The molecule has 0 aromatic rings. The first kappa shape index (κ1) is 14.0. The first-order valence-corrected chi connectivity index (χ1v) is 6.26. The molecule has 3 N–H and O–H groups in total. The van der Waals surface area contributed by atoms with Gasteiger partial charge in [-0.1, -0.05) is 19.8 Å². The van der Waals surface area contributed by atoms with Crippen molar-refractivity contribution in [3.8, 4) is 0 Å². The fourth-order valence-corrected chi connectivity index (χ4v) is 2.12. The molecule has 1 aliphatic carbocycles.